The summed E-state index contributed by atoms with van der Waals surface area (Å²) >= 11 is 3.53. The van der Waals surface area contributed by atoms with Crippen molar-refractivity contribution >= 4 is 15.9 Å². The van der Waals surface area contributed by atoms with Crippen LogP contribution in [0.5, 0.6) is 5.75 Å². The van der Waals surface area contributed by atoms with Gasteiger partial charge in [-0.25, -0.2) is 0 Å². The molecular formula is C16H24BrNO2. The summed E-state index contributed by atoms with van der Waals surface area (Å²) in [6.07, 6.45) is 6.16. The minimum absolute atomic E-state index is 0.461. The maximum Gasteiger partial charge on any atom is 0.122 e. The van der Waals surface area contributed by atoms with Gasteiger partial charge >= 0.3 is 0 Å². The van der Waals surface area contributed by atoms with E-state index in [-0.39, 0.29) is 0 Å². The first-order valence-electron chi connectivity index (χ1n) is 7.34. The van der Waals surface area contributed by atoms with E-state index in [9.17, 15) is 0 Å². The van der Waals surface area contributed by atoms with E-state index in [1.54, 1.807) is 7.11 Å². The third kappa shape index (κ3) is 4.47. The Kier molecular flexibility index (Phi) is 6.33. The first-order valence-corrected chi connectivity index (χ1v) is 8.13. The van der Waals surface area contributed by atoms with Crippen molar-refractivity contribution in [3.05, 3.63) is 28.2 Å². The fraction of sp³-hybridized carbons (Fsp3) is 0.625. The Morgan fingerprint density at radius 3 is 3.00 bits per heavy atom. The second kappa shape index (κ2) is 8.01. The molecule has 1 aromatic carbocycles. The highest BCUT2D eigenvalue weighted by Gasteiger charge is 2.18. The molecule has 0 bridgehead atoms. The van der Waals surface area contributed by atoms with Gasteiger partial charge in [-0.05, 0) is 62.9 Å². The average molecular weight is 342 g/mol. The summed E-state index contributed by atoms with van der Waals surface area (Å²) in [5.41, 5.74) is 1.24. The zero-order valence-electron chi connectivity index (χ0n) is 12.3. The minimum atomic E-state index is 0.461. The molecule has 0 aromatic heterocycles. The molecule has 3 nitrogen and oxygen atoms in total. The van der Waals surface area contributed by atoms with Crippen LogP contribution in [0.25, 0.3) is 0 Å². The van der Waals surface area contributed by atoms with Crippen LogP contribution in [-0.4, -0.2) is 32.9 Å². The topological polar surface area (TPSA) is 30.5 Å². The van der Waals surface area contributed by atoms with E-state index in [1.807, 2.05) is 19.2 Å². The Balaban J connectivity index is 1.92. The third-order valence-electron chi connectivity index (χ3n) is 3.98. The fourth-order valence-corrected chi connectivity index (χ4v) is 3.19. The van der Waals surface area contributed by atoms with Crippen LogP contribution in [0.3, 0.4) is 0 Å². The summed E-state index contributed by atoms with van der Waals surface area (Å²) in [6.45, 7) is 0.939. The lowest BCUT2D eigenvalue weighted by Gasteiger charge is -2.19. The van der Waals surface area contributed by atoms with Crippen molar-refractivity contribution in [3.8, 4) is 5.75 Å². The van der Waals surface area contributed by atoms with Crippen LogP contribution in [-0.2, 0) is 11.2 Å². The van der Waals surface area contributed by atoms with Crippen LogP contribution in [0.1, 0.15) is 31.2 Å². The van der Waals surface area contributed by atoms with Crippen molar-refractivity contribution in [3.63, 3.8) is 0 Å². The molecule has 1 saturated heterocycles. The smallest absolute Gasteiger partial charge is 0.122 e. The predicted molar refractivity (Wildman–Crippen MR) is 85.5 cm³/mol. The predicted octanol–water partition coefficient (Wildman–Crippen LogP) is 3.55. The lowest BCUT2D eigenvalue weighted by atomic mass is 9.99. The van der Waals surface area contributed by atoms with Crippen LogP contribution < -0.4 is 10.1 Å². The summed E-state index contributed by atoms with van der Waals surface area (Å²) in [7, 11) is 3.76. The minimum Gasteiger partial charge on any atom is -0.496 e. The number of nitrogens with one attached hydrogen (secondary N) is 1. The summed E-state index contributed by atoms with van der Waals surface area (Å²) < 4.78 is 12.3. The molecule has 0 radical (unpaired) electrons. The number of halogens is 1. The van der Waals surface area contributed by atoms with Gasteiger partial charge in [0.1, 0.15) is 5.75 Å². The molecule has 112 valence electrons. The monoisotopic (exact) mass is 341 g/mol. The SMILES string of the molecule is CNC(CCC1CCCO1)Cc1cc(Br)ccc1OC. The molecule has 1 aromatic rings. The van der Waals surface area contributed by atoms with Crippen molar-refractivity contribution < 1.29 is 9.47 Å². The van der Waals surface area contributed by atoms with E-state index < -0.39 is 0 Å². The van der Waals surface area contributed by atoms with Gasteiger partial charge in [-0.2, -0.15) is 0 Å². The summed E-state index contributed by atoms with van der Waals surface area (Å²) in [5.74, 6) is 0.963. The standard InChI is InChI=1S/C16H24BrNO2/c1-18-14(6-7-15-4-3-9-20-15)11-12-10-13(17)5-8-16(12)19-2/h5,8,10,14-15,18H,3-4,6-7,9,11H2,1-2H3. The van der Waals surface area contributed by atoms with Crippen molar-refractivity contribution in [2.45, 2.75) is 44.2 Å². The molecule has 1 aliphatic rings. The number of hydrogen-bond donors (Lipinski definition) is 1. The van der Waals surface area contributed by atoms with E-state index in [4.69, 9.17) is 9.47 Å². The Morgan fingerprint density at radius 2 is 2.35 bits per heavy atom. The summed E-state index contributed by atoms with van der Waals surface area (Å²) in [6, 6.07) is 6.65. The largest absolute Gasteiger partial charge is 0.496 e. The molecule has 0 amide bonds. The van der Waals surface area contributed by atoms with Crippen LogP contribution in [0.4, 0.5) is 0 Å². The van der Waals surface area contributed by atoms with Crippen LogP contribution in [0, 0.1) is 0 Å². The number of hydrogen-bond acceptors (Lipinski definition) is 3. The highest BCUT2D eigenvalue weighted by atomic mass is 79.9. The average Bonchev–Trinajstić information content (AvgIpc) is 2.97. The van der Waals surface area contributed by atoms with E-state index in [0.717, 1.165) is 36.1 Å². The molecule has 1 heterocycles. The molecule has 0 aliphatic carbocycles. The number of methoxy groups -OCH3 is 1. The van der Waals surface area contributed by atoms with Crippen molar-refractivity contribution in [1.29, 1.82) is 0 Å². The highest BCUT2D eigenvalue weighted by Crippen LogP contribution is 2.25. The van der Waals surface area contributed by atoms with E-state index >= 15 is 0 Å². The highest BCUT2D eigenvalue weighted by molar-refractivity contribution is 9.10. The van der Waals surface area contributed by atoms with E-state index in [0.29, 0.717) is 12.1 Å². The lowest BCUT2D eigenvalue weighted by Crippen LogP contribution is -2.29. The Hall–Kier alpha value is -0.580. The van der Waals surface area contributed by atoms with Crippen LogP contribution in [0.15, 0.2) is 22.7 Å². The van der Waals surface area contributed by atoms with Gasteiger partial charge in [-0.1, -0.05) is 15.9 Å². The number of ether oxygens (including phenoxy) is 2. The lowest BCUT2D eigenvalue weighted by molar-refractivity contribution is 0.0998. The Labute approximate surface area is 130 Å². The zero-order chi connectivity index (χ0) is 14.4. The molecule has 2 rings (SSSR count). The molecule has 0 saturated carbocycles. The van der Waals surface area contributed by atoms with Crippen LogP contribution >= 0.6 is 15.9 Å². The maximum atomic E-state index is 5.70. The van der Waals surface area contributed by atoms with Crippen molar-refractivity contribution in [2.75, 3.05) is 20.8 Å². The summed E-state index contributed by atoms with van der Waals surface area (Å²) in [4.78, 5) is 0. The normalized spacial score (nSPS) is 20.1. The van der Waals surface area contributed by atoms with Gasteiger partial charge in [0.25, 0.3) is 0 Å². The molecule has 1 N–H and O–H groups in total. The second-order valence-corrected chi connectivity index (χ2v) is 6.27. The molecule has 0 spiro atoms. The van der Waals surface area contributed by atoms with Gasteiger partial charge in [0.15, 0.2) is 0 Å². The third-order valence-corrected chi connectivity index (χ3v) is 4.47. The number of benzene rings is 1. The van der Waals surface area contributed by atoms with E-state index in [2.05, 4.69) is 27.3 Å². The number of likely N-dealkylation sites (N-methyl/N-ethyl adjacent to an activating group) is 1. The van der Waals surface area contributed by atoms with Gasteiger partial charge in [0, 0.05) is 17.1 Å². The van der Waals surface area contributed by atoms with Crippen LogP contribution in [0.2, 0.25) is 0 Å². The Morgan fingerprint density at radius 1 is 1.50 bits per heavy atom. The van der Waals surface area contributed by atoms with Gasteiger partial charge in [0.05, 0.1) is 13.2 Å². The molecule has 2 unspecified atom stereocenters. The molecule has 2 atom stereocenters. The quantitative estimate of drug-likeness (QED) is 0.822. The first-order chi connectivity index (χ1) is 9.72. The molecule has 1 aliphatic heterocycles. The second-order valence-electron chi connectivity index (χ2n) is 5.36. The molecular weight excluding hydrogens is 318 g/mol. The maximum absolute atomic E-state index is 5.70. The van der Waals surface area contributed by atoms with Gasteiger partial charge < -0.3 is 14.8 Å². The first kappa shape index (κ1) is 15.8. The fourth-order valence-electron chi connectivity index (χ4n) is 2.78. The van der Waals surface area contributed by atoms with Gasteiger partial charge in [-0.3, -0.25) is 0 Å². The van der Waals surface area contributed by atoms with Gasteiger partial charge in [0.2, 0.25) is 0 Å². The van der Waals surface area contributed by atoms with E-state index in [1.165, 1.54) is 18.4 Å². The summed E-state index contributed by atoms with van der Waals surface area (Å²) in [5, 5.41) is 3.42. The molecule has 4 heteroatoms. The molecule has 1 fully saturated rings. The Bertz CT molecular complexity index is 419. The van der Waals surface area contributed by atoms with Crippen molar-refractivity contribution in [1.82, 2.24) is 5.32 Å². The molecule has 20 heavy (non-hydrogen) atoms. The van der Waals surface area contributed by atoms with Crippen molar-refractivity contribution in [2.24, 2.45) is 0 Å². The zero-order valence-corrected chi connectivity index (χ0v) is 13.9. The number of rotatable bonds is 7. The van der Waals surface area contributed by atoms with Gasteiger partial charge in [-0.15, -0.1) is 0 Å².